The summed E-state index contributed by atoms with van der Waals surface area (Å²) in [6.07, 6.45) is 1.45. The Kier molecular flexibility index (Phi) is 3.54. The van der Waals surface area contributed by atoms with Crippen molar-refractivity contribution in [1.82, 2.24) is 4.98 Å². The lowest BCUT2D eigenvalue weighted by Gasteiger charge is -2.19. The maximum absolute atomic E-state index is 13.2. The fraction of sp³-hybridized carbons (Fsp3) is 0.158. The lowest BCUT2D eigenvalue weighted by atomic mass is 9.89. The highest BCUT2D eigenvalue weighted by atomic mass is 79.9. The summed E-state index contributed by atoms with van der Waals surface area (Å²) in [5.74, 6) is -1.87. The number of nitrogens with zero attached hydrogens (tertiary/aromatic N) is 1. The van der Waals surface area contributed by atoms with E-state index in [0.717, 1.165) is 18.4 Å². The van der Waals surface area contributed by atoms with Crippen molar-refractivity contribution in [2.75, 3.05) is 0 Å². The Morgan fingerprint density at radius 3 is 2.44 bits per heavy atom. The van der Waals surface area contributed by atoms with Gasteiger partial charge in [0.1, 0.15) is 11.4 Å². The number of halogens is 2. The minimum absolute atomic E-state index is 0.158. The molecule has 25 heavy (non-hydrogen) atoms. The van der Waals surface area contributed by atoms with E-state index in [1.807, 2.05) is 0 Å². The summed E-state index contributed by atoms with van der Waals surface area (Å²) in [4.78, 5) is 16.3. The summed E-state index contributed by atoms with van der Waals surface area (Å²) in [6.45, 7) is 0. The first-order valence-electron chi connectivity index (χ1n) is 7.74. The molecule has 4 rings (SSSR count). The van der Waals surface area contributed by atoms with Gasteiger partial charge in [-0.05, 0) is 48.7 Å². The molecule has 0 amide bonds. The largest absolute Gasteiger partial charge is 0.505 e. The number of pyridine rings is 1. The van der Waals surface area contributed by atoms with E-state index >= 15 is 0 Å². The van der Waals surface area contributed by atoms with Crippen molar-refractivity contribution >= 4 is 32.8 Å². The van der Waals surface area contributed by atoms with E-state index in [1.54, 1.807) is 30.3 Å². The zero-order valence-electron chi connectivity index (χ0n) is 13.0. The average Bonchev–Trinajstić information content (AvgIpc) is 3.36. The standard InChI is InChI=1S/C19H13BrFNO3/c20-11-3-6-14-13(9-11)15(18(24)25)16(23)17(22-14)19(7-8-19)10-1-4-12(21)5-2-10/h1-6,9,23H,7-8H2,(H,24,25). The Hall–Kier alpha value is -2.47. The molecule has 0 radical (unpaired) electrons. The molecule has 1 aliphatic rings. The summed E-state index contributed by atoms with van der Waals surface area (Å²) in [7, 11) is 0. The number of aromatic hydroxyl groups is 1. The van der Waals surface area contributed by atoms with Gasteiger partial charge < -0.3 is 10.2 Å². The second-order valence-corrected chi connectivity index (χ2v) is 7.16. The van der Waals surface area contributed by atoms with Crippen LogP contribution >= 0.6 is 15.9 Å². The van der Waals surface area contributed by atoms with Gasteiger partial charge in [-0.15, -0.1) is 0 Å². The van der Waals surface area contributed by atoms with Crippen LogP contribution in [0.5, 0.6) is 5.75 Å². The SMILES string of the molecule is O=C(O)c1c(O)c(C2(c3ccc(F)cc3)CC2)nc2ccc(Br)cc12. The molecule has 0 saturated heterocycles. The molecule has 1 saturated carbocycles. The Morgan fingerprint density at radius 2 is 1.84 bits per heavy atom. The summed E-state index contributed by atoms with van der Waals surface area (Å²) in [6, 6.07) is 11.2. The predicted molar refractivity (Wildman–Crippen MR) is 94.5 cm³/mol. The second-order valence-electron chi connectivity index (χ2n) is 6.24. The van der Waals surface area contributed by atoms with Crippen LogP contribution in [0.3, 0.4) is 0 Å². The molecule has 0 bridgehead atoms. The summed E-state index contributed by atoms with van der Waals surface area (Å²) in [5, 5.41) is 20.7. The van der Waals surface area contributed by atoms with E-state index in [2.05, 4.69) is 20.9 Å². The number of carboxylic acids is 1. The van der Waals surface area contributed by atoms with Crippen LogP contribution in [0.15, 0.2) is 46.9 Å². The smallest absolute Gasteiger partial charge is 0.340 e. The number of hydrogen-bond donors (Lipinski definition) is 2. The second kappa shape index (κ2) is 5.52. The van der Waals surface area contributed by atoms with E-state index in [-0.39, 0.29) is 17.1 Å². The zero-order valence-corrected chi connectivity index (χ0v) is 14.5. The number of carbonyl (C=O) groups is 1. The quantitative estimate of drug-likeness (QED) is 0.671. The molecule has 2 aromatic carbocycles. The van der Waals surface area contributed by atoms with Gasteiger partial charge >= 0.3 is 5.97 Å². The van der Waals surface area contributed by atoms with Gasteiger partial charge in [0.05, 0.1) is 11.2 Å². The van der Waals surface area contributed by atoms with Crippen LogP contribution in [-0.2, 0) is 5.41 Å². The molecule has 1 fully saturated rings. The van der Waals surface area contributed by atoms with Gasteiger partial charge in [0.15, 0.2) is 5.75 Å². The van der Waals surface area contributed by atoms with Crippen molar-refractivity contribution in [3.8, 4) is 5.75 Å². The number of carboxylic acid groups (broad SMARTS) is 1. The predicted octanol–water partition coefficient (Wildman–Crippen LogP) is 4.62. The molecule has 4 nitrogen and oxygen atoms in total. The Morgan fingerprint density at radius 1 is 1.16 bits per heavy atom. The van der Waals surface area contributed by atoms with Gasteiger partial charge in [0.25, 0.3) is 0 Å². The highest BCUT2D eigenvalue weighted by Crippen LogP contribution is 2.56. The maximum Gasteiger partial charge on any atom is 0.340 e. The topological polar surface area (TPSA) is 70.4 Å². The molecule has 3 aromatic rings. The monoisotopic (exact) mass is 401 g/mol. The van der Waals surface area contributed by atoms with Gasteiger partial charge in [0.2, 0.25) is 0 Å². The Labute approximate surface area is 151 Å². The van der Waals surface area contributed by atoms with Crippen molar-refractivity contribution in [2.45, 2.75) is 18.3 Å². The molecule has 6 heteroatoms. The van der Waals surface area contributed by atoms with Gasteiger partial charge in [0, 0.05) is 15.3 Å². The van der Waals surface area contributed by atoms with Crippen LogP contribution in [-0.4, -0.2) is 21.2 Å². The number of rotatable bonds is 3. The van der Waals surface area contributed by atoms with Crippen molar-refractivity contribution in [3.63, 3.8) is 0 Å². The number of aromatic carboxylic acids is 1. The third-order valence-electron chi connectivity index (χ3n) is 4.74. The molecule has 1 aromatic heterocycles. The van der Waals surface area contributed by atoms with Gasteiger partial charge in [-0.25, -0.2) is 14.2 Å². The lowest BCUT2D eigenvalue weighted by molar-refractivity contribution is 0.0695. The lowest BCUT2D eigenvalue weighted by Crippen LogP contribution is -2.14. The van der Waals surface area contributed by atoms with Crippen molar-refractivity contribution in [3.05, 3.63) is 69.6 Å². The van der Waals surface area contributed by atoms with Crippen LogP contribution in [0.25, 0.3) is 10.9 Å². The van der Waals surface area contributed by atoms with Gasteiger partial charge in [-0.1, -0.05) is 28.1 Å². The molecule has 0 aliphatic heterocycles. The van der Waals surface area contributed by atoms with E-state index in [9.17, 15) is 19.4 Å². The molecular formula is C19H13BrFNO3. The molecule has 1 aliphatic carbocycles. The fourth-order valence-corrected chi connectivity index (χ4v) is 3.69. The number of benzene rings is 2. The summed E-state index contributed by atoms with van der Waals surface area (Å²) >= 11 is 3.32. The van der Waals surface area contributed by atoms with E-state index < -0.39 is 11.4 Å². The number of aromatic nitrogens is 1. The summed E-state index contributed by atoms with van der Waals surface area (Å²) in [5.41, 5.74) is 0.941. The van der Waals surface area contributed by atoms with Crippen LogP contribution in [0.4, 0.5) is 4.39 Å². The van der Waals surface area contributed by atoms with E-state index in [1.165, 1.54) is 12.1 Å². The van der Waals surface area contributed by atoms with Crippen LogP contribution in [0, 0.1) is 5.82 Å². The first-order valence-corrected chi connectivity index (χ1v) is 8.54. The Bertz CT molecular complexity index is 1010. The molecule has 0 spiro atoms. The molecule has 0 unspecified atom stereocenters. The van der Waals surface area contributed by atoms with Crippen LogP contribution in [0.1, 0.15) is 34.5 Å². The normalized spacial score (nSPS) is 15.3. The molecule has 1 heterocycles. The van der Waals surface area contributed by atoms with Crippen LogP contribution < -0.4 is 0 Å². The van der Waals surface area contributed by atoms with Gasteiger partial charge in [-0.3, -0.25) is 0 Å². The highest BCUT2D eigenvalue weighted by molar-refractivity contribution is 9.10. The highest BCUT2D eigenvalue weighted by Gasteiger charge is 2.50. The van der Waals surface area contributed by atoms with Crippen molar-refractivity contribution in [2.24, 2.45) is 0 Å². The average molecular weight is 402 g/mol. The first-order chi connectivity index (χ1) is 11.9. The fourth-order valence-electron chi connectivity index (χ4n) is 3.33. The van der Waals surface area contributed by atoms with Crippen molar-refractivity contribution < 1.29 is 19.4 Å². The summed E-state index contributed by atoms with van der Waals surface area (Å²) < 4.78 is 14.0. The van der Waals surface area contributed by atoms with Crippen LogP contribution in [0.2, 0.25) is 0 Å². The molecule has 0 atom stereocenters. The number of fused-ring (bicyclic) bond motifs is 1. The molecule has 126 valence electrons. The minimum Gasteiger partial charge on any atom is -0.505 e. The van der Waals surface area contributed by atoms with Gasteiger partial charge in [-0.2, -0.15) is 0 Å². The van der Waals surface area contributed by atoms with E-state index in [4.69, 9.17) is 0 Å². The number of hydrogen-bond acceptors (Lipinski definition) is 3. The Balaban J connectivity index is 1.99. The first kappa shape index (κ1) is 16.0. The maximum atomic E-state index is 13.2. The minimum atomic E-state index is -1.21. The third kappa shape index (κ3) is 2.48. The zero-order chi connectivity index (χ0) is 17.8. The van der Waals surface area contributed by atoms with Crippen molar-refractivity contribution in [1.29, 1.82) is 0 Å². The molecule has 2 N–H and O–H groups in total. The van der Waals surface area contributed by atoms with E-state index in [0.29, 0.717) is 21.1 Å². The third-order valence-corrected chi connectivity index (χ3v) is 5.23. The molecular weight excluding hydrogens is 389 g/mol.